The molecule has 0 aliphatic rings. The van der Waals surface area contributed by atoms with Crippen molar-refractivity contribution in [3.05, 3.63) is 44.9 Å². The molecular weight excluding hydrogens is 223 g/mol. The predicted molar refractivity (Wildman–Crippen MR) is 63.6 cm³/mol. The molecule has 0 aliphatic carbocycles. The van der Waals surface area contributed by atoms with Crippen LogP contribution in [-0.2, 0) is 6.54 Å². The molecule has 17 heavy (non-hydrogen) atoms. The second-order valence-corrected chi connectivity index (χ2v) is 4.40. The topological polar surface area (TPSA) is 54.9 Å². The van der Waals surface area contributed by atoms with E-state index in [-0.39, 0.29) is 23.4 Å². The number of fused-ring (bicyclic) bond motifs is 1. The van der Waals surface area contributed by atoms with E-state index in [0.717, 1.165) is 4.57 Å². The minimum absolute atomic E-state index is 0.0623. The molecule has 2 rings (SSSR count). The summed E-state index contributed by atoms with van der Waals surface area (Å²) < 4.78 is 14.6. The molecule has 0 bridgehead atoms. The maximum atomic E-state index is 13.6. The van der Waals surface area contributed by atoms with Gasteiger partial charge < -0.3 is 4.98 Å². The molecule has 0 unspecified atom stereocenters. The Morgan fingerprint density at radius 1 is 1.35 bits per heavy atom. The average Bonchev–Trinajstić information content (AvgIpc) is 2.23. The molecule has 1 heterocycles. The Balaban J connectivity index is 2.84. The fourth-order valence-corrected chi connectivity index (χ4v) is 1.79. The maximum Gasteiger partial charge on any atom is 0.328 e. The van der Waals surface area contributed by atoms with Crippen LogP contribution in [0.1, 0.15) is 13.8 Å². The van der Waals surface area contributed by atoms with Gasteiger partial charge in [0.25, 0.3) is 5.56 Å². The first kappa shape index (κ1) is 11.6. The standard InChI is InChI=1S/C12H13FN2O2/c1-7(2)6-15-11(16)10-8(13)4-3-5-9(10)14-12(15)17/h3-5,7H,6H2,1-2H3,(H,14,17). The van der Waals surface area contributed by atoms with Crippen molar-refractivity contribution in [2.75, 3.05) is 0 Å². The van der Waals surface area contributed by atoms with E-state index in [2.05, 4.69) is 4.98 Å². The SMILES string of the molecule is CC(C)Cn1c(=O)[nH]c2cccc(F)c2c1=O. The lowest BCUT2D eigenvalue weighted by molar-refractivity contribution is 0.494. The number of aromatic amines is 1. The smallest absolute Gasteiger partial charge is 0.307 e. The molecule has 90 valence electrons. The molecular formula is C12H13FN2O2. The molecule has 4 nitrogen and oxygen atoms in total. The first-order valence-electron chi connectivity index (χ1n) is 5.42. The molecule has 0 saturated heterocycles. The fourth-order valence-electron chi connectivity index (χ4n) is 1.79. The molecule has 0 fully saturated rings. The fraction of sp³-hybridized carbons (Fsp3) is 0.333. The van der Waals surface area contributed by atoms with Gasteiger partial charge in [-0.3, -0.25) is 9.36 Å². The summed E-state index contributed by atoms with van der Waals surface area (Å²) in [5.74, 6) is -0.473. The average molecular weight is 236 g/mol. The van der Waals surface area contributed by atoms with Crippen LogP contribution in [0, 0.1) is 11.7 Å². The second kappa shape index (κ2) is 4.16. The summed E-state index contributed by atoms with van der Waals surface area (Å²) in [6.07, 6.45) is 0. The first-order chi connectivity index (χ1) is 8.00. The molecule has 0 atom stereocenters. The highest BCUT2D eigenvalue weighted by Crippen LogP contribution is 2.09. The number of H-pyrrole nitrogens is 1. The van der Waals surface area contributed by atoms with Crippen molar-refractivity contribution >= 4 is 10.9 Å². The number of benzene rings is 1. The molecule has 5 heteroatoms. The third-order valence-corrected chi connectivity index (χ3v) is 2.51. The van der Waals surface area contributed by atoms with E-state index in [9.17, 15) is 14.0 Å². The zero-order valence-electron chi connectivity index (χ0n) is 9.66. The van der Waals surface area contributed by atoms with Crippen LogP contribution in [0.5, 0.6) is 0 Å². The minimum atomic E-state index is -0.610. The summed E-state index contributed by atoms with van der Waals surface area (Å²) in [6.45, 7) is 4.05. The molecule has 0 saturated carbocycles. The van der Waals surface area contributed by atoms with Crippen LogP contribution >= 0.6 is 0 Å². The maximum absolute atomic E-state index is 13.6. The van der Waals surface area contributed by atoms with E-state index in [1.54, 1.807) is 0 Å². The number of halogens is 1. The number of nitrogens with zero attached hydrogens (tertiary/aromatic N) is 1. The number of hydrogen-bond donors (Lipinski definition) is 1. The summed E-state index contributed by atoms with van der Waals surface area (Å²) in [5.41, 5.74) is -0.836. The van der Waals surface area contributed by atoms with E-state index in [1.165, 1.54) is 18.2 Å². The Kier molecular flexibility index (Phi) is 2.83. The van der Waals surface area contributed by atoms with Gasteiger partial charge in [0.15, 0.2) is 0 Å². The van der Waals surface area contributed by atoms with Crippen LogP contribution in [0.3, 0.4) is 0 Å². The zero-order chi connectivity index (χ0) is 12.6. The number of aromatic nitrogens is 2. The monoisotopic (exact) mass is 236 g/mol. The largest absolute Gasteiger partial charge is 0.328 e. The number of rotatable bonds is 2. The minimum Gasteiger partial charge on any atom is -0.307 e. The first-order valence-corrected chi connectivity index (χ1v) is 5.42. The molecule has 1 N–H and O–H groups in total. The third kappa shape index (κ3) is 2.00. The zero-order valence-corrected chi connectivity index (χ0v) is 9.66. The van der Waals surface area contributed by atoms with Crippen molar-refractivity contribution in [1.29, 1.82) is 0 Å². The van der Waals surface area contributed by atoms with Gasteiger partial charge in [0, 0.05) is 6.54 Å². The van der Waals surface area contributed by atoms with Crippen LogP contribution in [0.4, 0.5) is 4.39 Å². The summed E-state index contributed by atoms with van der Waals surface area (Å²) >= 11 is 0. The van der Waals surface area contributed by atoms with Gasteiger partial charge in [0.1, 0.15) is 5.82 Å². The van der Waals surface area contributed by atoms with Crippen LogP contribution in [-0.4, -0.2) is 9.55 Å². The molecule has 0 spiro atoms. The van der Waals surface area contributed by atoms with E-state index >= 15 is 0 Å². The highest BCUT2D eigenvalue weighted by Gasteiger charge is 2.11. The highest BCUT2D eigenvalue weighted by atomic mass is 19.1. The molecule has 1 aromatic carbocycles. The lowest BCUT2D eigenvalue weighted by Crippen LogP contribution is -2.36. The van der Waals surface area contributed by atoms with Crippen LogP contribution in [0.2, 0.25) is 0 Å². The summed E-state index contributed by atoms with van der Waals surface area (Å²) in [6, 6.07) is 4.18. The van der Waals surface area contributed by atoms with Gasteiger partial charge in [0.2, 0.25) is 0 Å². The van der Waals surface area contributed by atoms with Crippen molar-refractivity contribution in [1.82, 2.24) is 9.55 Å². The van der Waals surface area contributed by atoms with Gasteiger partial charge in [-0.25, -0.2) is 9.18 Å². The quantitative estimate of drug-likeness (QED) is 0.858. The van der Waals surface area contributed by atoms with Gasteiger partial charge in [-0.1, -0.05) is 19.9 Å². The Morgan fingerprint density at radius 3 is 2.71 bits per heavy atom. The van der Waals surface area contributed by atoms with E-state index < -0.39 is 17.1 Å². The van der Waals surface area contributed by atoms with Gasteiger partial charge in [-0.05, 0) is 18.1 Å². The van der Waals surface area contributed by atoms with E-state index in [1.807, 2.05) is 13.8 Å². The highest BCUT2D eigenvalue weighted by molar-refractivity contribution is 5.77. The summed E-state index contributed by atoms with van der Waals surface area (Å²) in [5, 5.41) is -0.0623. The van der Waals surface area contributed by atoms with Crippen LogP contribution in [0.25, 0.3) is 10.9 Å². The second-order valence-electron chi connectivity index (χ2n) is 4.40. The predicted octanol–water partition coefficient (Wildman–Crippen LogP) is 1.48. The molecule has 1 aromatic heterocycles. The summed E-state index contributed by atoms with van der Waals surface area (Å²) in [7, 11) is 0. The van der Waals surface area contributed by atoms with Gasteiger partial charge in [0.05, 0.1) is 10.9 Å². The van der Waals surface area contributed by atoms with Gasteiger partial charge in [-0.15, -0.1) is 0 Å². The molecule has 0 amide bonds. The van der Waals surface area contributed by atoms with E-state index in [0.29, 0.717) is 0 Å². The van der Waals surface area contributed by atoms with Crippen LogP contribution in [0.15, 0.2) is 27.8 Å². The molecule has 0 radical (unpaired) electrons. The Labute approximate surface area is 96.7 Å². The van der Waals surface area contributed by atoms with Gasteiger partial charge in [-0.2, -0.15) is 0 Å². The molecule has 0 aliphatic heterocycles. The van der Waals surface area contributed by atoms with Crippen molar-refractivity contribution in [3.8, 4) is 0 Å². The lowest BCUT2D eigenvalue weighted by Gasteiger charge is -2.08. The van der Waals surface area contributed by atoms with Gasteiger partial charge >= 0.3 is 5.69 Å². The summed E-state index contributed by atoms with van der Waals surface area (Å²) in [4.78, 5) is 26.2. The van der Waals surface area contributed by atoms with Crippen molar-refractivity contribution in [3.63, 3.8) is 0 Å². The molecule has 2 aromatic rings. The Morgan fingerprint density at radius 2 is 2.06 bits per heavy atom. The lowest BCUT2D eigenvalue weighted by atomic mass is 10.2. The Bertz CT molecular complexity index is 670. The van der Waals surface area contributed by atoms with Crippen molar-refractivity contribution in [2.45, 2.75) is 20.4 Å². The van der Waals surface area contributed by atoms with Crippen molar-refractivity contribution in [2.24, 2.45) is 5.92 Å². The van der Waals surface area contributed by atoms with E-state index in [4.69, 9.17) is 0 Å². The number of nitrogens with one attached hydrogen (secondary N) is 1. The normalized spacial score (nSPS) is 11.3. The van der Waals surface area contributed by atoms with Crippen LogP contribution < -0.4 is 11.2 Å². The van der Waals surface area contributed by atoms with Crippen molar-refractivity contribution < 1.29 is 4.39 Å². The third-order valence-electron chi connectivity index (χ3n) is 2.51. The number of hydrogen-bond acceptors (Lipinski definition) is 2. The Hall–Kier alpha value is -1.91.